The lowest BCUT2D eigenvalue weighted by Crippen LogP contribution is -2.00. The van der Waals surface area contributed by atoms with Crippen LogP contribution in [0, 0.1) is 0 Å². The standard InChI is InChI=1S/C40H29N3/c1-3-9-27(10-4-2)32-17-18-34-26-37(22-19-33(34)23-32)40-42-38(35-20-15-28-11-5-7-13-30(28)24-35)41-39(43-40)36-21-16-29-12-6-8-14-31(29)25-36/h3-26H,1H2,2H3/b10-4-,27-9+. The molecule has 0 amide bonds. The lowest BCUT2D eigenvalue weighted by molar-refractivity contribution is 1.08. The van der Waals surface area contributed by atoms with Crippen LogP contribution >= 0.6 is 0 Å². The summed E-state index contributed by atoms with van der Waals surface area (Å²) >= 11 is 0. The quantitative estimate of drug-likeness (QED) is 0.193. The van der Waals surface area contributed by atoms with Gasteiger partial charge in [-0.05, 0) is 74.6 Å². The minimum Gasteiger partial charge on any atom is -0.208 e. The summed E-state index contributed by atoms with van der Waals surface area (Å²) in [4.78, 5) is 15.0. The third kappa shape index (κ3) is 5.25. The molecule has 204 valence electrons. The Bertz CT molecular complexity index is 2120. The third-order valence-electron chi connectivity index (χ3n) is 7.73. The molecule has 0 aliphatic carbocycles. The summed E-state index contributed by atoms with van der Waals surface area (Å²) in [5.41, 5.74) is 5.14. The van der Waals surface area contributed by atoms with Crippen molar-refractivity contribution in [2.45, 2.75) is 6.92 Å². The topological polar surface area (TPSA) is 38.7 Å². The highest BCUT2D eigenvalue weighted by atomic mass is 15.0. The molecule has 0 bridgehead atoms. The van der Waals surface area contributed by atoms with E-state index >= 15 is 0 Å². The molecule has 3 heteroatoms. The summed E-state index contributed by atoms with van der Waals surface area (Å²) in [6, 6.07) is 42.4. The Hall–Kier alpha value is -5.67. The molecular weight excluding hydrogens is 522 g/mol. The highest BCUT2D eigenvalue weighted by Crippen LogP contribution is 2.31. The molecule has 0 saturated heterocycles. The molecule has 0 saturated carbocycles. The second-order valence-corrected chi connectivity index (χ2v) is 10.6. The largest absolute Gasteiger partial charge is 0.208 e. The van der Waals surface area contributed by atoms with Gasteiger partial charge in [-0.25, -0.2) is 15.0 Å². The van der Waals surface area contributed by atoms with Crippen LogP contribution in [0.3, 0.4) is 0 Å². The number of nitrogens with zero attached hydrogens (tertiary/aromatic N) is 3. The van der Waals surface area contributed by atoms with Crippen LogP contribution in [0.25, 0.3) is 72.1 Å². The number of allylic oxidation sites excluding steroid dienone is 5. The SMILES string of the molecule is C=C/C=C(\C=C/C)c1ccc2cc(-c3nc(-c4ccc5ccccc5c4)nc(-c4ccc5ccccc5c4)n3)ccc2c1. The Kier molecular flexibility index (Phi) is 6.90. The minimum absolute atomic E-state index is 0.647. The van der Waals surface area contributed by atoms with Crippen molar-refractivity contribution in [3.05, 3.63) is 158 Å². The molecule has 0 radical (unpaired) electrons. The molecule has 1 heterocycles. The van der Waals surface area contributed by atoms with Crippen molar-refractivity contribution in [1.82, 2.24) is 15.0 Å². The Labute approximate surface area is 251 Å². The maximum atomic E-state index is 5.02. The van der Waals surface area contributed by atoms with Crippen LogP contribution in [-0.4, -0.2) is 15.0 Å². The zero-order valence-electron chi connectivity index (χ0n) is 23.9. The predicted molar refractivity (Wildman–Crippen MR) is 182 cm³/mol. The Morgan fingerprint density at radius 3 is 1.42 bits per heavy atom. The van der Waals surface area contributed by atoms with Gasteiger partial charge in [0.1, 0.15) is 0 Å². The van der Waals surface area contributed by atoms with Crippen molar-refractivity contribution in [1.29, 1.82) is 0 Å². The lowest BCUT2D eigenvalue weighted by atomic mass is 9.99. The van der Waals surface area contributed by atoms with E-state index in [1.807, 2.05) is 25.2 Å². The highest BCUT2D eigenvalue weighted by molar-refractivity contribution is 5.92. The van der Waals surface area contributed by atoms with Gasteiger partial charge in [0.2, 0.25) is 0 Å². The van der Waals surface area contributed by atoms with Crippen LogP contribution in [0.2, 0.25) is 0 Å². The fraction of sp³-hybridized carbons (Fsp3) is 0.0250. The number of rotatable bonds is 6. The van der Waals surface area contributed by atoms with E-state index in [1.165, 1.54) is 10.8 Å². The molecule has 0 fully saturated rings. The number of benzene rings is 6. The summed E-state index contributed by atoms with van der Waals surface area (Å²) in [5, 5.41) is 6.95. The number of aromatic nitrogens is 3. The molecule has 0 unspecified atom stereocenters. The fourth-order valence-electron chi connectivity index (χ4n) is 5.54. The molecule has 3 nitrogen and oxygen atoms in total. The van der Waals surface area contributed by atoms with Crippen LogP contribution in [-0.2, 0) is 0 Å². The summed E-state index contributed by atoms with van der Waals surface area (Å²) in [6.07, 6.45) is 8.00. The van der Waals surface area contributed by atoms with Crippen LogP contribution < -0.4 is 0 Å². The van der Waals surface area contributed by atoms with Crippen LogP contribution in [0.4, 0.5) is 0 Å². The number of fused-ring (bicyclic) bond motifs is 3. The molecule has 0 atom stereocenters. The van der Waals surface area contributed by atoms with Gasteiger partial charge in [0.05, 0.1) is 0 Å². The molecule has 7 aromatic rings. The van der Waals surface area contributed by atoms with E-state index in [4.69, 9.17) is 15.0 Å². The number of hydrogen-bond acceptors (Lipinski definition) is 3. The molecule has 0 aliphatic heterocycles. The van der Waals surface area contributed by atoms with Crippen molar-refractivity contribution in [2.75, 3.05) is 0 Å². The van der Waals surface area contributed by atoms with Gasteiger partial charge >= 0.3 is 0 Å². The Morgan fingerprint density at radius 1 is 0.512 bits per heavy atom. The third-order valence-corrected chi connectivity index (χ3v) is 7.73. The lowest BCUT2D eigenvalue weighted by Gasteiger charge is -2.11. The molecule has 7 rings (SSSR count). The summed E-state index contributed by atoms with van der Waals surface area (Å²) in [6.45, 7) is 5.90. The van der Waals surface area contributed by atoms with E-state index < -0.39 is 0 Å². The highest BCUT2D eigenvalue weighted by Gasteiger charge is 2.14. The van der Waals surface area contributed by atoms with Gasteiger partial charge in [0.25, 0.3) is 0 Å². The van der Waals surface area contributed by atoms with Crippen LogP contribution in [0.1, 0.15) is 12.5 Å². The molecule has 0 N–H and O–H groups in total. The van der Waals surface area contributed by atoms with E-state index in [0.717, 1.165) is 49.4 Å². The molecule has 43 heavy (non-hydrogen) atoms. The van der Waals surface area contributed by atoms with Crippen molar-refractivity contribution in [3.63, 3.8) is 0 Å². The summed E-state index contributed by atoms with van der Waals surface area (Å²) < 4.78 is 0. The molecular formula is C40H29N3. The summed E-state index contributed by atoms with van der Waals surface area (Å²) in [5.74, 6) is 1.95. The van der Waals surface area contributed by atoms with E-state index in [0.29, 0.717) is 17.5 Å². The molecule has 0 aliphatic rings. The van der Waals surface area contributed by atoms with E-state index in [1.54, 1.807) is 0 Å². The fourth-order valence-corrected chi connectivity index (χ4v) is 5.54. The first-order valence-electron chi connectivity index (χ1n) is 14.4. The maximum absolute atomic E-state index is 5.02. The number of hydrogen-bond donors (Lipinski definition) is 0. The van der Waals surface area contributed by atoms with Gasteiger partial charge in [0.15, 0.2) is 17.5 Å². The Balaban J connectivity index is 1.38. The van der Waals surface area contributed by atoms with E-state index in [-0.39, 0.29) is 0 Å². The van der Waals surface area contributed by atoms with Gasteiger partial charge in [-0.3, -0.25) is 0 Å². The van der Waals surface area contributed by atoms with E-state index in [9.17, 15) is 0 Å². The maximum Gasteiger partial charge on any atom is 0.164 e. The zero-order chi connectivity index (χ0) is 29.2. The normalized spacial score (nSPS) is 12.0. The van der Waals surface area contributed by atoms with Gasteiger partial charge in [-0.1, -0.05) is 128 Å². The second kappa shape index (κ2) is 11.3. The van der Waals surface area contributed by atoms with Gasteiger partial charge in [-0.2, -0.15) is 0 Å². The van der Waals surface area contributed by atoms with Crippen molar-refractivity contribution in [3.8, 4) is 34.2 Å². The zero-order valence-corrected chi connectivity index (χ0v) is 23.9. The van der Waals surface area contributed by atoms with Crippen LogP contribution in [0.5, 0.6) is 0 Å². The molecule has 1 aromatic heterocycles. The van der Waals surface area contributed by atoms with Crippen molar-refractivity contribution >= 4 is 37.9 Å². The molecule has 6 aromatic carbocycles. The molecule has 0 spiro atoms. The van der Waals surface area contributed by atoms with Gasteiger partial charge < -0.3 is 0 Å². The second-order valence-electron chi connectivity index (χ2n) is 10.6. The monoisotopic (exact) mass is 551 g/mol. The van der Waals surface area contributed by atoms with Gasteiger partial charge in [0, 0.05) is 16.7 Å². The predicted octanol–water partition coefficient (Wildman–Crippen LogP) is 10.5. The summed E-state index contributed by atoms with van der Waals surface area (Å²) in [7, 11) is 0. The van der Waals surface area contributed by atoms with Crippen molar-refractivity contribution < 1.29 is 0 Å². The van der Waals surface area contributed by atoms with Crippen molar-refractivity contribution in [2.24, 2.45) is 0 Å². The first-order chi connectivity index (χ1) is 21.2. The average molecular weight is 552 g/mol. The first kappa shape index (κ1) is 26.2. The average Bonchev–Trinajstić information content (AvgIpc) is 3.07. The van der Waals surface area contributed by atoms with Crippen LogP contribution in [0.15, 0.2) is 152 Å². The van der Waals surface area contributed by atoms with E-state index in [2.05, 4.69) is 134 Å². The first-order valence-corrected chi connectivity index (χ1v) is 14.4. The Morgan fingerprint density at radius 2 is 0.930 bits per heavy atom. The minimum atomic E-state index is 0.647. The smallest absolute Gasteiger partial charge is 0.164 e. The van der Waals surface area contributed by atoms with Gasteiger partial charge in [-0.15, -0.1) is 0 Å².